The van der Waals surface area contributed by atoms with Crippen molar-refractivity contribution in [2.75, 3.05) is 46.2 Å². The molecule has 0 bridgehead atoms. The average Bonchev–Trinajstić information content (AvgIpc) is 3.64. The van der Waals surface area contributed by atoms with Crippen molar-refractivity contribution in [3.63, 3.8) is 0 Å². The molecule has 42 heavy (non-hydrogen) atoms. The van der Waals surface area contributed by atoms with Gasteiger partial charge in [-0.2, -0.15) is 4.31 Å². The van der Waals surface area contributed by atoms with Crippen LogP contribution in [0.3, 0.4) is 0 Å². The fourth-order valence-corrected chi connectivity index (χ4v) is 6.75. The molecule has 13 heteroatoms. The Morgan fingerprint density at radius 3 is 2.48 bits per heavy atom. The Labute approximate surface area is 246 Å². The second-order valence-electron chi connectivity index (χ2n) is 11.1. The molecular formula is C29H40N4O8S. The van der Waals surface area contributed by atoms with Gasteiger partial charge in [0.1, 0.15) is 0 Å². The maximum absolute atomic E-state index is 13.8. The van der Waals surface area contributed by atoms with Crippen LogP contribution in [0.25, 0.3) is 0 Å². The fraction of sp³-hybridized carbons (Fsp3) is 0.517. The first-order chi connectivity index (χ1) is 20.0. The van der Waals surface area contributed by atoms with E-state index >= 15 is 0 Å². The number of ether oxygens (including phenoxy) is 3. The van der Waals surface area contributed by atoms with E-state index in [-0.39, 0.29) is 56.2 Å². The van der Waals surface area contributed by atoms with Crippen LogP contribution in [0.15, 0.2) is 53.4 Å². The number of aliphatic hydroxyl groups is 1. The minimum absolute atomic E-state index is 0.0127. The molecule has 2 heterocycles. The molecule has 2 amide bonds. The summed E-state index contributed by atoms with van der Waals surface area (Å²) >= 11 is 0. The van der Waals surface area contributed by atoms with E-state index in [4.69, 9.17) is 19.9 Å². The van der Waals surface area contributed by atoms with Gasteiger partial charge in [0.25, 0.3) is 0 Å². The van der Waals surface area contributed by atoms with Gasteiger partial charge in [0.2, 0.25) is 28.6 Å². The molecule has 12 nitrogen and oxygen atoms in total. The third-order valence-electron chi connectivity index (χ3n) is 7.18. The van der Waals surface area contributed by atoms with Crippen molar-refractivity contribution < 1.29 is 37.3 Å². The molecule has 1 saturated heterocycles. The van der Waals surface area contributed by atoms with Gasteiger partial charge >= 0.3 is 0 Å². The summed E-state index contributed by atoms with van der Waals surface area (Å²) in [5, 5.41) is 14.4. The number of carbonyl (C=O) groups is 2. The van der Waals surface area contributed by atoms with E-state index in [1.165, 1.54) is 16.4 Å². The first-order valence-corrected chi connectivity index (χ1v) is 15.5. The molecular weight excluding hydrogens is 564 g/mol. The summed E-state index contributed by atoms with van der Waals surface area (Å²) in [7, 11) is -4.04. The number of nitrogens with zero attached hydrogens (tertiary/aromatic N) is 2. The zero-order valence-corrected chi connectivity index (χ0v) is 24.8. The third-order valence-corrected chi connectivity index (χ3v) is 9.01. The molecule has 0 unspecified atom stereocenters. The number of hydrogen-bond donors (Lipinski definition) is 3. The van der Waals surface area contributed by atoms with Crippen LogP contribution in [0.4, 0.5) is 0 Å². The Bertz CT molecular complexity index is 1320. The van der Waals surface area contributed by atoms with Crippen molar-refractivity contribution in [1.82, 2.24) is 14.5 Å². The molecule has 0 aromatic heterocycles. The van der Waals surface area contributed by atoms with Crippen molar-refractivity contribution in [3.05, 3.63) is 54.1 Å². The molecule has 2 aliphatic heterocycles. The molecule has 4 N–H and O–H groups in total. The number of sulfonamides is 1. The van der Waals surface area contributed by atoms with Crippen molar-refractivity contribution >= 4 is 21.8 Å². The number of fused-ring (bicyclic) bond motifs is 1. The molecule has 0 aliphatic carbocycles. The van der Waals surface area contributed by atoms with Crippen LogP contribution >= 0.6 is 0 Å². The van der Waals surface area contributed by atoms with E-state index in [1.807, 2.05) is 44.2 Å². The van der Waals surface area contributed by atoms with Crippen molar-refractivity contribution in [1.29, 1.82) is 0 Å². The van der Waals surface area contributed by atoms with Gasteiger partial charge in [-0.3, -0.25) is 14.5 Å². The summed E-state index contributed by atoms with van der Waals surface area (Å²) < 4.78 is 44.9. The number of benzene rings is 2. The molecule has 0 spiro atoms. The lowest BCUT2D eigenvalue weighted by Gasteiger charge is -2.32. The molecule has 1 fully saturated rings. The van der Waals surface area contributed by atoms with Crippen LogP contribution in [0.5, 0.6) is 11.5 Å². The van der Waals surface area contributed by atoms with Crippen molar-refractivity contribution in [2.24, 2.45) is 11.7 Å². The summed E-state index contributed by atoms with van der Waals surface area (Å²) in [4.78, 5) is 26.7. The highest BCUT2D eigenvalue weighted by molar-refractivity contribution is 7.89. The molecule has 2 aromatic rings. The van der Waals surface area contributed by atoms with Crippen LogP contribution < -0.4 is 20.5 Å². The van der Waals surface area contributed by atoms with Crippen LogP contribution in [0.1, 0.15) is 25.8 Å². The highest BCUT2D eigenvalue weighted by atomic mass is 32.2. The maximum atomic E-state index is 13.8. The molecule has 230 valence electrons. The van der Waals surface area contributed by atoms with Crippen LogP contribution in [-0.2, 0) is 30.8 Å². The number of rotatable bonds is 15. The topological polar surface area (TPSA) is 161 Å². The van der Waals surface area contributed by atoms with Crippen LogP contribution in [0, 0.1) is 5.92 Å². The normalized spacial score (nSPS) is 18.0. The second kappa shape index (κ2) is 14.3. The predicted molar refractivity (Wildman–Crippen MR) is 154 cm³/mol. The second-order valence-corrected chi connectivity index (χ2v) is 13.0. The number of primary amides is 1. The van der Waals surface area contributed by atoms with Gasteiger partial charge in [-0.05, 0) is 36.5 Å². The Hall–Kier alpha value is -3.23. The Kier molecular flexibility index (Phi) is 10.8. The molecule has 4 rings (SSSR count). The van der Waals surface area contributed by atoms with E-state index in [1.54, 1.807) is 11.0 Å². The Morgan fingerprint density at radius 2 is 1.81 bits per heavy atom. The Balaban J connectivity index is 1.54. The zero-order valence-electron chi connectivity index (χ0n) is 24.0. The first kappa shape index (κ1) is 31.7. The Morgan fingerprint density at radius 1 is 1.07 bits per heavy atom. The van der Waals surface area contributed by atoms with Gasteiger partial charge in [0, 0.05) is 31.8 Å². The van der Waals surface area contributed by atoms with Gasteiger partial charge in [0.05, 0.1) is 36.7 Å². The molecule has 0 saturated carbocycles. The van der Waals surface area contributed by atoms with E-state index in [0.717, 1.165) is 5.56 Å². The number of amides is 2. The number of carbonyl (C=O) groups excluding carboxylic acids is 2. The van der Waals surface area contributed by atoms with Crippen LogP contribution in [0.2, 0.25) is 0 Å². The largest absolute Gasteiger partial charge is 0.454 e. The molecule has 3 atom stereocenters. The predicted octanol–water partition coefficient (Wildman–Crippen LogP) is 0.727. The summed E-state index contributed by atoms with van der Waals surface area (Å²) in [6.07, 6.45) is -0.329. The van der Waals surface area contributed by atoms with E-state index in [0.29, 0.717) is 31.1 Å². The van der Waals surface area contributed by atoms with Gasteiger partial charge in [-0.1, -0.05) is 44.2 Å². The lowest BCUT2D eigenvalue weighted by molar-refractivity contribution is -0.126. The summed E-state index contributed by atoms with van der Waals surface area (Å²) in [5.41, 5.74) is 6.29. The summed E-state index contributed by atoms with van der Waals surface area (Å²) in [5.74, 6) is -0.224. The SMILES string of the molecule is CC(C)CN(C[C@@H](O)[C@H](Cc1ccccc1)NC(=O)CN(CC(N)=O)[C@H]1CCOC1)S(=O)(=O)c1ccc2c(c1)OCO2. The quantitative estimate of drug-likeness (QED) is 0.266. The highest BCUT2D eigenvalue weighted by Gasteiger charge is 2.33. The van der Waals surface area contributed by atoms with E-state index in [2.05, 4.69) is 5.32 Å². The van der Waals surface area contributed by atoms with E-state index < -0.39 is 34.0 Å². The zero-order chi connectivity index (χ0) is 30.3. The van der Waals surface area contributed by atoms with E-state index in [9.17, 15) is 23.1 Å². The van der Waals surface area contributed by atoms with Gasteiger partial charge < -0.3 is 30.4 Å². The number of nitrogens with one attached hydrogen (secondary N) is 1. The minimum Gasteiger partial charge on any atom is -0.454 e. The first-order valence-electron chi connectivity index (χ1n) is 14.0. The minimum atomic E-state index is -4.04. The monoisotopic (exact) mass is 604 g/mol. The highest BCUT2D eigenvalue weighted by Crippen LogP contribution is 2.35. The number of nitrogens with two attached hydrogens (primary N) is 1. The average molecular weight is 605 g/mol. The standard InChI is InChI=1S/C29H40N4O8S/c1-20(2)14-33(42(37,38)23-8-9-26-27(13-23)41-19-40-26)15-25(34)24(12-21-6-4-3-5-7-21)31-29(36)17-32(16-28(30)35)22-10-11-39-18-22/h3-9,13,20,22,24-25,34H,10-12,14-19H2,1-2H3,(H2,30,35)(H,31,36)/t22-,24-,25+/m0/s1. The number of aliphatic hydroxyl groups excluding tert-OH is 1. The van der Waals surface area contributed by atoms with Gasteiger partial charge in [-0.25, -0.2) is 8.42 Å². The molecule has 0 radical (unpaired) electrons. The summed E-state index contributed by atoms with van der Waals surface area (Å²) in [6, 6.07) is 12.8. The van der Waals surface area contributed by atoms with Crippen molar-refractivity contribution in [2.45, 2.75) is 49.8 Å². The third kappa shape index (κ3) is 8.42. The van der Waals surface area contributed by atoms with Gasteiger partial charge in [0.15, 0.2) is 11.5 Å². The molecule has 2 aromatic carbocycles. The van der Waals surface area contributed by atoms with Crippen LogP contribution in [-0.4, -0.2) is 98.9 Å². The fourth-order valence-electron chi connectivity index (χ4n) is 5.11. The maximum Gasteiger partial charge on any atom is 0.243 e. The van der Waals surface area contributed by atoms with Crippen molar-refractivity contribution in [3.8, 4) is 11.5 Å². The lowest BCUT2D eigenvalue weighted by atomic mass is 10.0. The molecule has 2 aliphatic rings. The summed E-state index contributed by atoms with van der Waals surface area (Å²) in [6.45, 7) is 4.36. The van der Waals surface area contributed by atoms with Gasteiger partial charge in [-0.15, -0.1) is 0 Å². The smallest absolute Gasteiger partial charge is 0.243 e. The number of hydrogen-bond acceptors (Lipinski definition) is 9. The lowest BCUT2D eigenvalue weighted by Crippen LogP contribution is -2.54.